The van der Waals surface area contributed by atoms with E-state index in [9.17, 15) is 9.18 Å². The zero-order valence-corrected chi connectivity index (χ0v) is 21.0. The number of anilines is 2. The van der Waals surface area contributed by atoms with Crippen molar-refractivity contribution in [1.29, 1.82) is 0 Å². The molecule has 3 aromatic rings. The number of halogens is 1. The van der Waals surface area contributed by atoms with Crippen LogP contribution < -0.4 is 21.7 Å². The number of nitrogen functional groups attached to an aromatic ring is 1. The van der Waals surface area contributed by atoms with Gasteiger partial charge in [-0.05, 0) is 50.8 Å². The second-order valence-corrected chi connectivity index (χ2v) is 11.0. The number of rotatable bonds is 3. The Kier molecular flexibility index (Phi) is 5.63. The molecule has 1 spiro atoms. The van der Waals surface area contributed by atoms with Crippen molar-refractivity contribution < 1.29 is 18.7 Å². The van der Waals surface area contributed by atoms with Crippen molar-refractivity contribution in [3.8, 4) is 0 Å². The van der Waals surface area contributed by atoms with Gasteiger partial charge in [0.1, 0.15) is 21.3 Å². The molecule has 9 nitrogen and oxygen atoms in total. The maximum absolute atomic E-state index is 13.9. The molecular weight excluding hydrogens is 483 g/mol. The van der Waals surface area contributed by atoms with Crippen LogP contribution in [0.3, 0.4) is 0 Å². The largest absolute Gasteiger partial charge is 0.397 e. The van der Waals surface area contributed by atoms with Crippen LogP contribution in [0.15, 0.2) is 18.2 Å². The number of aryl methyl sites for hydroxylation is 2. The van der Waals surface area contributed by atoms with Gasteiger partial charge in [-0.1, -0.05) is 6.07 Å². The first-order valence-corrected chi connectivity index (χ1v) is 13.0. The van der Waals surface area contributed by atoms with Crippen LogP contribution >= 0.6 is 11.3 Å². The minimum absolute atomic E-state index is 0.0316. The first-order valence-electron chi connectivity index (χ1n) is 12.2. The van der Waals surface area contributed by atoms with Crippen molar-refractivity contribution >= 4 is 39.0 Å². The predicted octanol–water partition coefficient (Wildman–Crippen LogP) is 2.29. The first kappa shape index (κ1) is 23.5. The average molecular weight is 513 g/mol. The lowest BCUT2D eigenvalue weighted by molar-refractivity contribution is -0.157. The fourth-order valence-corrected chi connectivity index (χ4v) is 6.39. The van der Waals surface area contributed by atoms with Gasteiger partial charge in [-0.15, -0.1) is 11.3 Å². The standard InChI is InChI=1S/C25H29FN6O3S/c1-12-10-34-25(35-12)11-32(9-19(25)27)20-6-3-14-7-15(4-5-18(14)31-20)30-23(33)22-21(28)16-8-17(26)13(2)29-24(16)36-22/h3,6,8,12,15,19H,4-5,7,9-11,27-28H2,1-2H3,(H,30,33). The van der Waals surface area contributed by atoms with Crippen molar-refractivity contribution in [2.24, 2.45) is 5.73 Å². The number of hydrogen-bond donors (Lipinski definition) is 3. The normalized spacial score (nSPS) is 27.7. The van der Waals surface area contributed by atoms with E-state index in [1.54, 1.807) is 6.92 Å². The molecule has 2 fully saturated rings. The summed E-state index contributed by atoms with van der Waals surface area (Å²) in [5, 5.41) is 3.58. The third kappa shape index (κ3) is 3.90. The van der Waals surface area contributed by atoms with Crippen molar-refractivity contribution in [2.75, 3.05) is 30.3 Å². The maximum atomic E-state index is 13.9. The van der Waals surface area contributed by atoms with E-state index in [1.165, 1.54) is 17.4 Å². The molecule has 1 aliphatic carbocycles. The number of thiophene rings is 1. The second-order valence-electron chi connectivity index (χ2n) is 9.98. The number of ether oxygens (including phenoxy) is 2. The van der Waals surface area contributed by atoms with Crippen LogP contribution in [0.4, 0.5) is 15.9 Å². The zero-order valence-electron chi connectivity index (χ0n) is 20.2. The first-order chi connectivity index (χ1) is 17.2. The molecular formula is C25H29FN6O3S. The number of hydrogen-bond acceptors (Lipinski definition) is 9. The molecule has 0 saturated carbocycles. The number of aromatic nitrogens is 2. The monoisotopic (exact) mass is 512 g/mol. The lowest BCUT2D eigenvalue weighted by atomic mass is 9.91. The van der Waals surface area contributed by atoms with Gasteiger partial charge in [0.25, 0.3) is 5.91 Å². The average Bonchev–Trinajstić information content (AvgIpc) is 3.49. The fourth-order valence-electron chi connectivity index (χ4n) is 5.37. The molecule has 4 atom stereocenters. The minimum atomic E-state index is -0.763. The third-order valence-electron chi connectivity index (χ3n) is 7.32. The number of carbonyl (C=O) groups excluding carboxylic acids is 1. The molecule has 4 unspecified atom stereocenters. The summed E-state index contributed by atoms with van der Waals surface area (Å²) >= 11 is 1.19. The van der Waals surface area contributed by atoms with Crippen molar-refractivity contribution in [1.82, 2.24) is 15.3 Å². The SMILES string of the molecule is Cc1nc2sc(C(=O)NC3CCc4nc(N5CC(N)C6(C5)OCC(C)O6)ccc4C3)c(N)c2cc1F. The highest BCUT2D eigenvalue weighted by atomic mass is 32.1. The van der Waals surface area contributed by atoms with Gasteiger partial charge in [-0.3, -0.25) is 4.79 Å². The van der Waals surface area contributed by atoms with Gasteiger partial charge in [-0.25, -0.2) is 14.4 Å². The molecule has 3 aromatic heterocycles. The summed E-state index contributed by atoms with van der Waals surface area (Å²) in [6, 6.07) is 5.14. The van der Waals surface area contributed by atoms with Gasteiger partial charge < -0.3 is 31.2 Å². The lowest BCUT2D eigenvalue weighted by Crippen LogP contribution is -2.48. The summed E-state index contributed by atoms with van der Waals surface area (Å²) in [4.78, 5) is 25.2. The molecule has 3 aliphatic rings. The molecule has 0 aromatic carbocycles. The van der Waals surface area contributed by atoms with Crippen molar-refractivity contribution in [2.45, 2.75) is 57.1 Å². The predicted molar refractivity (Wildman–Crippen MR) is 136 cm³/mol. The third-order valence-corrected chi connectivity index (χ3v) is 8.44. The lowest BCUT2D eigenvalue weighted by Gasteiger charge is -2.27. The number of fused-ring (bicyclic) bond motifs is 2. The van der Waals surface area contributed by atoms with Crippen LogP contribution in [0, 0.1) is 12.7 Å². The molecule has 0 radical (unpaired) electrons. The topological polar surface area (TPSA) is 129 Å². The van der Waals surface area contributed by atoms with E-state index in [1.807, 2.05) is 13.0 Å². The quantitative estimate of drug-likeness (QED) is 0.488. The summed E-state index contributed by atoms with van der Waals surface area (Å²) in [5.41, 5.74) is 15.3. The molecule has 6 rings (SSSR count). The number of pyridine rings is 2. The summed E-state index contributed by atoms with van der Waals surface area (Å²) in [6.07, 6.45) is 2.22. The molecule has 5 heterocycles. The van der Waals surface area contributed by atoms with Crippen LogP contribution in [0.5, 0.6) is 0 Å². The molecule has 2 saturated heterocycles. The van der Waals surface area contributed by atoms with Crippen molar-refractivity contribution in [3.63, 3.8) is 0 Å². The summed E-state index contributed by atoms with van der Waals surface area (Å²) in [6.45, 7) is 5.30. The summed E-state index contributed by atoms with van der Waals surface area (Å²) in [5.74, 6) is -0.586. The number of carbonyl (C=O) groups is 1. The van der Waals surface area contributed by atoms with Gasteiger partial charge >= 0.3 is 0 Å². The smallest absolute Gasteiger partial charge is 0.263 e. The highest BCUT2D eigenvalue weighted by molar-refractivity contribution is 7.21. The Hall–Kier alpha value is -2.86. The molecule has 0 bridgehead atoms. The Bertz CT molecular complexity index is 1370. The van der Waals surface area contributed by atoms with E-state index in [0.29, 0.717) is 41.2 Å². The number of nitrogens with zero attached hydrogens (tertiary/aromatic N) is 3. The molecule has 190 valence electrons. The van der Waals surface area contributed by atoms with Gasteiger partial charge in [0.15, 0.2) is 0 Å². The molecule has 2 aliphatic heterocycles. The van der Waals surface area contributed by atoms with E-state index in [-0.39, 0.29) is 35.5 Å². The number of nitrogens with two attached hydrogens (primary N) is 2. The number of amides is 1. The highest BCUT2D eigenvalue weighted by Gasteiger charge is 2.52. The molecule has 5 N–H and O–H groups in total. The van der Waals surface area contributed by atoms with Crippen LogP contribution in [0.25, 0.3) is 10.2 Å². The van der Waals surface area contributed by atoms with E-state index < -0.39 is 11.6 Å². The summed E-state index contributed by atoms with van der Waals surface area (Å²) < 4.78 is 25.9. The Balaban J connectivity index is 1.15. The van der Waals surface area contributed by atoms with E-state index >= 15 is 0 Å². The molecule has 36 heavy (non-hydrogen) atoms. The maximum Gasteiger partial charge on any atom is 0.263 e. The van der Waals surface area contributed by atoms with E-state index in [4.69, 9.17) is 25.9 Å². The molecule has 11 heteroatoms. The Labute approximate surface area is 212 Å². The van der Waals surface area contributed by atoms with E-state index in [0.717, 1.165) is 29.9 Å². The van der Waals surface area contributed by atoms with Gasteiger partial charge in [0.2, 0.25) is 5.79 Å². The van der Waals surface area contributed by atoms with Gasteiger partial charge in [0, 0.05) is 23.7 Å². The Morgan fingerprint density at radius 1 is 1.36 bits per heavy atom. The van der Waals surface area contributed by atoms with Crippen LogP contribution in [0.2, 0.25) is 0 Å². The zero-order chi connectivity index (χ0) is 25.2. The Morgan fingerprint density at radius 2 is 2.19 bits per heavy atom. The Morgan fingerprint density at radius 3 is 2.97 bits per heavy atom. The highest BCUT2D eigenvalue weighted by Crippen LogP contribution is 2.36. The van der Waals surface area contributed by atoms with Crippen LogP contribution in [-0.2, 0) is 22.3 Å². The summed E-state index contributed by atoms with van der Waals surface area (Å²) in [7, 11) is 0. The van der Waals surface area contributed by atoms with Gasteiger partial charge in [0.05, 0.1) is 36.7 Å². The number of nitrogens with one attached hydrogen (secondary N) is 1. The van der Waals surface area contributed by atoms with Crippen LogP contribution in [0.1, 0.15) is 40.0 Å². The second kappa shape index (κ2) is 8.62. The fraction of sp³-hybridized carbons (Fsp3) is 0.480. The minimum Gasteiger partial charge on any atom is -0.397 e. The van der Waals surface area contributed by atoms with Crippen molar-refractivity contribution in [3.05, 3.63) is 45.8 Å². The molecule has 1 amide bonds. The van der Waals surface area contributed by atoms with E-state index in [2.05, 4.69) is 21.3 Å². The van der Waals surface area contributed by atoms with Gasteiger partial charge in [-0.2, -0.15) is 0 Å². The van der Waals surface area contributed by atoms with Crippen LogP contribution in [-0.4, -0.2) is 59.5 Å².